The van der Waals surface area contributed by atoms with Crippen molar-refractivity contribution < 1.29 is 27.5 Å². The van der Waals surface area contributed by atoms with Gasteiger partial charge in [-0.05, 0) is 30.0 Å². The van der Waals surface area contributed by atoms with E-state index in [1.807, 2.05) is 0 Å². The number of urea groups is 1. The minimum atomic E-state index is -4.28. The number of hydrogen-bond acceptors (Lipinski definition) is 3. The third kappa shape index (κ3) is 3.71. The highest BCUT2D eigenvalue weighted by Crippen LogP contribution is 2.45. The van der Waals surface area contributed by atoms with E-state index in [2.05, 4.69) is 10.6 Å². The first-order valence-electron chi connectivity index (χ1n) is 8.25. The van der Waals surface area contributed by atoms with Gasteiger partial charge in [-0.1, -0.05) is 13.8 Å². The number of ether oxygens (including phenoxy) is 1. The Labute approximate surface area is 148 Å². The zero-order valence-electron chi connectivity index (χ0n) is 14.4. The number of rotatable bonds is 1. The molecule has 0 saturated carbocycles. The summed E-state index contributed by atoms with van der Waals surface area (Å²) in [6.45, 7) is 3.02. The Morgan fingerprint density at radius 1 is 1.38 bits per heavy atom. The lowest BCUT2D eigenvalue weighted by Gasteiger charge is -2.44. The van der Waals surface area contributed by atoms with Gasteiger partial charge in [-0.25, -0.2) is 4.79 Å². The van der Waals surface area contributed by atoms with E-state index in [9.17, 15) is 22.8 Å². The summed E-state index contributed by atoms with van der Waals surface area (Å²) in [6.07, 6.45) is -4.40. The normalized spacial score (nSPS) is 22.1. The van der Waals surface area contributed by atoms with Crippen molar-refractivity contribution in [3.05, 3.63) is 18.2 Å². The van der Waals surface area contributed by atoms with Gasteiger partial charge >= 0.3 is 12.2 Å². The van der Waals surface area contributed by atoms with Crippen LogP contribution in [-0.4, -0.2) is 42.7 Å². The molecule has 142 valence electrons. The molecule has 2 aliphatic heterocycles. The number of anilines is 2. The second-order valence-corrected chi connectivity index (χ2v) is 7.27. The minimum absolute atomic E-state index is 0.00774. The number of nitrogens with one attached hydrogen (secondary N) is 2. The van der Waals surface area contributed by atoms with Gasteiger partial charge in [0.25, 0.3) is 5.91 Å². The Bertz CT molecular complexity index is 734. The van der Waals surface area contributed by atoms with Crippen molar-refractivity contribution in [2.24, 2.45) is 11.3 Å². The smallest absolute Gasteiger partial charge is 0.392 e. The summed E-state index contributed by atoms with van der Waals surface area (Å²) in [5.41, 5.74) is -0.198. The molecule has 26 heavy (non-hydrogen) atoms. The first-order valence-corrected chi connectivity index (χ1v) is 8.25. The Morgan fingerprint density at radius 2 is 2.12 bits per heavy atom. The lowest BCUT2D eigenvalue weighted by molar-refractivity contribution is -0.214. The quantitative estimate of drug-likeness (QED) is 0.794. The molecule has 1 saturated heterocycles. The topological polar surface area (TPSA) is 70.7 Å². The number of fused-ring (bicyclic) bond motifs is 1. The molecule has 0 unspecified atom stereocenters. The molecule has 2 N–H and O–H groups in total. The molecule has 1 atom stereocenters. The minimum Gasteiger partial charge on any atom is -0.482 e. The van der Waals surface area contributed by atoms with Crippen LogP contribution in [0.1, 0.15) is 20.3 Å². The van der Waals surface area contributed by atoms with E-state index in [1.54, 1.807) is 18.2 Å². The predicted octanol–water partition coefficient (Wildman–Crippen LogP) is 3.46. The number of carbonyl (C=O) groups is 2. The molecule has 0 aliphatic carbocycles. The van der Waals surface area contributed by atoms with Crippen molar-refractivity contribution in [3.8, 4) is 5.75 Å². The van der Waals surface area contributed by atoms with Crippen molar-refractivity contribution in [1.29, 1.82) is 0 Å². The van der Waals surface area contributed by atoms with Gasteiger partial charge in [0.15, 0.2) is 6.61 Å². The average Bonchev–Trinajstić information content (AvgIpc) is 2.52. The molecule has 3 rings (SSSR count). The highest BCUT2D eigenvalue weighted by Gasteiger charge is 2.51. The second-order valence-electron chi connectivity index (χ2n) is 7.27. The molecule has 2 aliphatic rings. The maximum Gasteiger partial charge on any atom is 0.392 e. The van der Waals surface area contributed by atoms with Crippen molar-refractivity contribution in [1.82, 2.24) is 4.90 Å². The maximum atomic E-state index is 13.1. The molecular formula is C17H20F3N3O3. The fraction of sp³-hybridized carbons (Fsp3) is 0.529. The fourth-order valence-electron chi connectivity index (χ4n) is 3.50. The molecule has 0 spiro atoms. The van der Waals surface area contributed by atoms with Crippen molar-refractivity contribution >= 4 is 23.3 Å². The van der Waals surface area contributed by atoms with Gasteiger partial charge in [0.1, 0.15) is 5.75 Å². The van der Waals surface area contributed by atoms with Gasteiger partial charge in [-0.15, -0.1) is 0 Å². The molecule has 1 aromatic carbocycles. The summed E-state index contributed by atoms with van der Waals surface area (Å²) in [4.78, 5) is 25.2. The van der Waals surface area contributed by atoms with Crippen LogP contribution in [-0.2, 0) is 4.79 Å². The maximum absolute atomic E-state index is 13.1. The van der Waals surface area contributed by atoms with Crippen LogP contribution in [0, 0.1) is 11.3 Å². The summed E-state index contributed by atoms with van der Waals surface area (Å²) in [7, 11) is 0. The number of piperidine rings is 1. The lowest BCUT2D eigenvalue weighted by Crippen LogP contribution is -2.53. The van der Waals surface area contributed by atoms with Gasteiger partial charge in [0, 0.05) is 18.8 Å². The largest absolute Gasteiger partial charge is 0.482 e. The molecule has 1 aromatic rings. The highest BCUT2D eigenvalue weighted by molar-refractivity contribution is 5.97. The molecular weight excluding hydrogens is 351 g/mol. The van der Waals surface area contributed by atoms with Crippen molar-refractivity contribution in [3.63, 3.8) is 0 Å². The van der Waals surface area contributed by atoms with Crippen molar-refractivity contribution in [2.45, 2.75) is 26.4 Å². The molecule has 3 amide bonds. The Kier molecular flexibility index (Phi) is 4.49. The van der Waals surface area contributed by atoms with E-state index in [4.69, 9.17) is 4.74 Å². The fourth-order valence-corrected chi connectivity index (χ4v) is 3.50. The van der Waals surface area contributed by atoms with Crippen LogP contribution in [0.4, 0.5) is 29.3 Å². The standard InChI is InChI=1S/C17H20F3N3O3/c1-16(2)9-23(6-5-13(16)17(18,19)20)15(25)21-10-3-4-12-11(7-10)22-14(24)8-26-12/h3-4,7,13H,5-6,8-9H2,1-2H3,(H,21,25)(H,22,24)/t13-/m0/s1. The van der Waals surface area contributed by atoms with Crippen molar-refractivity contribution in [2.75, 3.05) is 30.3 Å². The Balaban J connectivity index is 1.68. The van der Waals surface area contributed by atoms with Crippen LogP contribution in [0.25, 0.3) is 0 Å². The van der Waals surface area contributed by atoms with Gasteiger partial charge in [-0.3, -0.25) is 4.79 Å². The van der Waals surface area contributed by atoms with E-state index in [0.29, 0.717) is 17.1 Å². The highest BCUT2D eigenvalue weighted by atomic mass is 19.4. The monoisotopic (exact) mass is 371 g/mol. The zero-order valence-corrected chi connectivity index (χ0v) is 14.4. The lowest BCUT2D eigenvalue weighted by atomic mass is 9.73. The molecule has 1 fully saturated rings. The van der Waals surface area contributed by atoms with Crippen LogP contribution >= 0.6 is 0 Å². The first kappa shape index (κ1) is 18.3. The Morgan fingerprint density at radius 3 is 2.77 bits per heavy atom. The molecule has 6 nitrogen and oxygen atoms in total. The third-order valence-electron chi connectivity index (χ3n) is 4.78. The molecule has 2 heterocycles. The van der Waals surface area contributed by atoms with Crippen LogP contribution in [0.3, 0.4) is 0 Å². The summed E-state index contributed by atoms with van der Waals surface area (Å²) < 4.78 is 44.7. The predicted molar refractivity (Wildman–Crippen MR) is 89.1 cm³/mol. The van der Waals surface area contributed by atoms with E-state index < -0.39 is 23.5 Å². The average molecular weight is 371 g/mol. The number of halogens is 3. The number of alkyl halides is 3. The molecule has 9 heteroatoms. The number of benzene rings is 1. The first-order chi connectivity index (χ1) is 12.1. The van der Waals surface area contributed by atoms with E-state index >= 15 is 0 Å². The molecule has 0 bridgehead atoms. The van der Waals surface area contributed by atoms with Crippen LogP contribution in [0.15, 0.2) is 18.2 Å². The summed E-state index contributed by atoms with van der Waals surface area (Å²) in [6, 6.07) is 4.31. The number of likely N-dealkylation sites (tertiary alicyclic amines) is 1. The van der Waals surface area contributed by atoms with Crippen LogP contribution < -0.4 is 15.4 Å². The third-order valence-corrected chi connectivity index (χ3v) is 4.78. The number of amides is 3. The molecule has 0 aromatic heterocycles. The van der Waals surface area contributed by atoms with E-state index in [-0.39, 0.29) is 32.0 Å². The van der Waals surface area contributed by atoms with Crippen LogP contribution in [0.2, 0.25) is 0 Å². The van der Waals surface area contributed by atoms with Gasteiger partial charge in [0.05, 0.1) is 11.6 Å². The van der Waals surface area contributed by atoms with Gasteiger partial charge < -0.3 is 20.3 Å². The summed E-state index contributed by atoms with van der Waals surface area (Å²) in [5.74, 6) is -1.23. The van der Waals surface area contributed by atoms with Crippen LogP contribution in [0.5, 0.6) is 5.75 Å². The van der Waals surface area contributed by atoms with Gasteiger partial charge in [-0.2, -0.15) is 13.2 Å². The molecule has 0 radical (unpaired) electrons. The number of carbonyl (C=O) groups excluding carboxylic acids is 2. The summed E-state index contributed by atoms with van der Waals surface area (Å²) in [5, 5.41) is 5.30. The van der Waals surface area contributed by atoms with Gasteiger partial charge in [0.2, 0.25) is 0 Å². The van der Waals surface area contributed by atoms with E-state index in [1.165, 1.54) is 18.7 Å². The number of hydrogen-bond donors (Lipinski definition) is 2. The zero-order chi connectivity index (χ0) is 19.1. The summed E-state index contributed by atoms with van der Waals surface area (Å²) >= 11 is 0. The van der Waals surface area contributed by atoms with E-state index in [0.717, 1.165) is 0 Å². The second kappa shape index (κ2) is 6.37. The number of nitrogens with zero attached hydrogens (tertiary/aromatic N) is 1. The Hall–Kier alpha value is -2.45. The SMILES string of the molecule is CC1(C)CN(C(=O)Nc2ccc3c(c2)NC(=O)CO3)CC[C@@H]1C(F)(F)F.